The highest BCUT2D eigenvalue weighted by molar-refractivity contribution is 5.99. The van der Waals surface area contributed by atoms with Crippen molar-refractivity contribution in [3.05, 3.63) is 71.8 Å². The molecule has 402 valence electrons. The second-order valence-electron chi connectivity index (χ2n) is 18.4. The van der Waals surface area contributed by atoms with Crippen LogP contribution < -0.4 is 48.7 Å². The van der Waals surface area contributed by atoms with Crippen LogP contribution in [-0.2, 0) is 65.6 Å². The lowest BCUT2D eigenvalue weighted by molar-refractivity contribution is -0.143. The fraction of sp³-hybridized carbons (Fsp3) is 0.531. The van der Waals surface area contributed by atoms with Gasteiger partial charge in [-0.3, -0.25) is 47.9 Å². The molecule has 73 heavy (non-hydrogen) atoms. The molecule has 24 nitrogen and oxygen atoms in total. The number of nitrogens with one attached hydrogen (secondary N) is 7. The lowest BCUT2D eigenvalue weighted by Crippen LogP contribution is -2.61. The average molecular weight is 1030 g/mol. The van der Waals surface area contributed by atoms with Crippen LogP contribution in [0.3, 0.4) is 0 Å². The molecule has 24 heteroatoms. The highest BCUT2D eigenvalue weighted by Crippen LogP contribution is 2.13. The van der Waals surface area contributed by atoms with Crippen molar-refractivity contribution >= 4 is 65.2 Å². The second-order valence-corrected chi connectivity index (χ2v) is 18.4. The molecule has 8 atom stereocenters. The van der Waals surface area contributed by atoms with Crippen molar-refractivity contribution in [2.45, 2.75) is 147 Å². The molecule has 2 rings (SSSR count). The van der Waals surface area contributed by atoms with E-state index >= 15 is 0 Å². The lowest BCUT2D eigenvalue weighted by Gasteiger charge is -2.28. The minimum absolute atomic E-state index is 0.0369. The summed E-state index contributed by atoms with van der Waals surface area (Å²) in [7, 11) is 0. The van der Waals surface area contributed by atoms with E-state index in [0.29, 0.717) is 30.5 Å². The van der Waals surface area contributed by atoms with Crippen LogP contribution in [0.4, 0.5) is 0 Å². The van der Waals surface area contributed by atoms with E-state index in [1.54, 1.807) is 88.4 Å². The van der Waals surface area contributed by atoms with E-state index in [2.05, 4.69) is 37.2 Å². The smallest absolute Gasteiger partial charge is 0.326 e. The third kappa shape index (κ3) is 24.0. The van der Waals surface area contributed by atoms with Crippen LogP contribution >= 0.6 is 0 Å². The summed E-state index contributed by atoms with van der Waals surface area (Å²) >= 11 is 0. The van der Waals surface area contributed by atoms with Crippen LogP contribution in [-0.4, -0.2) is 141 Å². The molecule has 0 radical (unpaired) electrons. The third-order valence-electron chi connectivity index (χ3n) is 11.1. The van der Waals surface area contributed by atoms with Gasteiger partial charge in [0, 0.05) is 19.3 Å². The van der Waals surface area contributed by atoms with Gasteiger partial charge in [-0.1, -0.05) is 88.4 Å². The number of aliphatic carboxylic acids is 4. The fourth-order valence-electron chi connectivity index (χ4n) is 7.40. The number of hydrogen-bond acceptors (Lipinski definition) is 13. The molecule has 2 aromatic rings. The Morgan fingerprint density at radius 3 is 1.22 bits per heavy atom. The Balaban J connectivity index is 2.51. The van der Waals surface area contributed by atoms with Gasteiger partial charge in [0.25, 0.3) is 0 Å². The topological polar surface area (TPSA) is 405 Å². The third-order valence-corrected chi connectivity index (χ3v) is 11.1. The Kier molecular flexibility index (Phi) is 26.8. The predicted molar refractivity (Wildman–Crippen MR) is 263 cm³/mol. The summed E-state index contributed by atoms with van der Waals surface area (Å²) in [5, 5.41) is 55.6. The highest BCUT2D eigenvalue weighted by atomic mass is 16.4. The second kappa shape index (κ2) is 31.8. The normalized spacial score (nSPS) is 14.4. The van der Waals surface area contributed by atoms with E-state index in [4.69, 9.17) is 11.5 Å². The number of carboxylic acid groups (broad SMARTS) is 4. The first-order chi connectivity index (χ1) is 34.4. The molecule has 0 saturated carbocycles. The van der Waals surface area contributed by atoms with Gasteiger partial charge in [-0.2, -0.15) is 0 Å². The van der Waals surface area contributed by atoms with E-state index in [9.17, 15) is 73.2 Å². The van der Waals surface area contributed by atoms with Gasteiger partial charge in [-0.05, 0) is 68.0 Å². The van der Waals surface area contributed by atoms with Gasteiger partial charge < -0.3 is 69.1 Å². The molecule has 2 aromatic carbocycles. The number of carbonyl (C=O) groups excluding carboxylic acids is 7. The van der Waals surface area contributed by atoms with Crippen molar-refractivity contribution in [1.29, 1.82) is 0 Å². The molecule has 0 aromatic heterocycles. The maximum atomic E-state index is 14.2. The van der Waals surface area contributed by atoms with E-state index in [-0.39, 0.29) is 43.9 Å². The maximum Gasteiger partial charge on any atom is 0.326 e. The van der Waals surface area contributed by atoms with Crippen LogP contribution in [0.2, 0.25) is 0 Å². The van der Waals surface area contributed by atoms with E-state index in [1.165, 1.54) is 0 Å². The SMILES string of the molecule is CC(C)C[C@H](NC(=O)[C@H](Cc1ccccc1)NC(=O)[C@H](CCC(=O)O)NC(=O)[C@H](CC(=O)O)NC(=O)[C@H](Cc1ccccc1)NC(=O)[C@H](CC(=O)O)NC(=O)[C@@H](N)CC(C)C)C(=O)N[C@@H](CCCCN)C(=O)O. The van der Waals surface area contributed by atoms with Crippen LogP contribution in [0.15, 0.2) is 60.7 Å². The molecule has 0 unspecified atom stereocenters. The maximum absolute atomic E-state index is 14.2. The Morgan fingerprint density at radius 1 is 0.438 bits per heavy atom. The van der Waals surface area contributed by atoms with E-state index < -0.39 is 139 Å². The highest BCUT2D eigenvalue weighted by Gasteiger charge is 2.36. The van der Waals surface area contributed by atoms with Gasteiger partial charge in [0.05, 0.1) is 18.9 Å². The molecule has 0 aliphatic heterocycles. The van der Waals surface area contributed by atoms with Crippen molar-refractivity contribution in [2.75, 3.05) is 6.54 Å². The Hall–Kier alpha value is -7.47. The van der Waals surface area contributed by atoms with E-state index in [1.807, 2.05) is 0 Å². The lowest BCUT2D eigenvalue weighted by atomic mass is 10.00. The number of carboxylic acids is 4. The summed E-state index contributed by atoms with van der Waals surface area (Å²) in [6.07, 6.45) is -2.74. The van der Waals surface area contributed by atoms with Gasteiger partial charge in [0.15, 0.2) is 0 Å². The van der Waals surface area contributed by atoms with Crippen molar-refractivity contribution in [1.82, 2.24) is 37.2 Å². The first kappa shape index (κ1) is 61.6. The van der Waals surface area contributed by atoms with Gasteiger partial charge in [-0.25, -0.2) is 4.79 Å². The molecular formula is C49H71N9O15. The molecule has 0 bridgehead atoms. The molecule has 15 N–H and O–H groups in total. The summed E-state index contributed by atoms with van der Waals surface area (Å²) in [6.45, 7) is 7.39. The largest absolute Gasteiger partial charge is 0.481 e. The summed E-state index contributed by atoms with van der Waals surface area (Å²) in [5.41, 5.74) is 12.5. The molecule has 0 aliphatic rings. The van der Waals surface area contributed by atoms with Gasteiger partial charge in [0.1, 0.15) is 42.3 Å². The summed E-state index contributed by atoms with van der Waals surface area (Å²) < 4.78 is 0. The molecule has 0 saturated heterocycles. The molecule has 0 aliphatic carbocycles. The molecule has 0 fully saturated rings. The summed E-state index contributed by atoms with van der Waals surface area (Å²) in [4.78, 5) is 144. The first-order valence-electron chi connectivity index (χ1n) is 23.9. The Morgan fingerprint density at radius 2 is 0.808 bits per heavy atom. The molecule has 0 heterocycles. The molecular weight excluding hydrogens is 955 g/mol. The first-order valence-corrected chi connectivity index (χ1v) is 23.9. The standard InChI is InChI=1S/C49H71N9O15/c1-27(2)21-31(51)42(65)54-37(25-40(61)62)48(71)57-36(24-30-15-9-6-10-16-30)46(69)58-38(26-41(63)64)47(70)52-32(18-19-39(59)60)43(66)56-35(23-29-13-7-5-8-14-29)45(68)55-34(22-28(3)4)44(67)53-33(49(72)73)17-11-12-20-50/h5-10,13-16,27-28,31-38H,11-12,17-26,50-51H2,1-4H3,(H,52,70)(H,53,67)(H,54,65)(H,55,68)(H,56,66)(H,57,71)(H,58,69)(H,59,60)(H,61,62)(H,63,64)(H,72,73)/t31-,32-,33-,34-,35-,36-,37-,38-/m0/s1. The number of hydrogen-bond donors (Lipinski definition) is 13. The number of amides is 7. The van der Waals surface area contributed by atoms with Crippen LogP contribution in [0.25, 0.3) is 0 Å². The fourth-order valence-corrected chi connectivity index (χ4v) is 7.40. The number of unbranched alkanes of at least 4 members (excludes halogenated alkanes) is 1. The van der Waals surface area contributed by atoms with Gasteiger partial charge >= 0.3 is 23.9 Å². The molecule has 7 amide bonds. The van der Waals surface area contributed by atoms with Crippen molar-refractivity contribution in [2.24, 2.45) is 23.3 Å². The van der Waals surface area contributed by atoms with Crippen molar-refractivity contribution in [3.8, 4) is 0 Å². The van der Waals surface area contributed by atoms with E-state index in [0.717, 1.165) is 0 Å². The predicted octanol–water partition coefficient (Wildman–Crippen LogP) is -0.687. The summed E-state index contributed by atoms with van der Waals surface area (Å²) in [5.74, 6) is -13.4. The monoisotopic (exact) mass is 1030 g/mol. The Labute approximate surface area is 422 Å². The Bertz CT molecular complexity index is 2200. The minimum atomic E-state index is -2.01. The van der Waals surface area contributed by atoms with Crippen LogP contribution in [0.1, 0.15) is 96.6 Å². The van der Waals surface area contributed by atoms with Gasteiger partial charge in [0.2, 0.25) is 41.4 Å². The van der Waals surface area contributed by atoms with Crippen molar-refractivity contribution < 1.29 is 73.2 Å². The zero-order valence-corrected chi connectivity index (χ0v) is 41.5. The zero-order valence-electron chi connectivity index (χ0n) is 41.5. The van der Waals surface area contributed by atoms with Crippen LogP contribution in [0.5, 0.6) is 0 Å². The number of nitrogens with two attached hydrogens (primary N) is 2. The summed E-state index contributed by atoms with van der Waals surface area (Å²) in [6, 6.07) is 3.85. The van der Waals surface area contributed by atoms with Crippen LogP contribution in [0, 0.1) is 11.8 Å². The number of carbonyl (C=O) groups is 11. The average Bonchev–Trinajstić information content (AvgIpc) is 3.31. The van der Waals surface area contributed by atoms with Gasteiger partial charge in [-0.15, -0.1) is 0 Å². The molecule has 0 spiro atoms. The number of rotatable bonds is 34. The zero-order chi connectivity index (χ0) is 54.8. The number of benzene rings is 2. The van der Waals surface area contributed by atoms with Crippen molar-refractivity contribution in [3.63, 3.8) is 0 Å². The minimum Gasteiger partial charge on any atom is -0.481 e. The quantitative estimate of drug-likeness (QED) is 0.0386.